The molecule has 76 valence electrons. The Labute approximate surface area is 79.3 Å². The Hall–Kier alpha value is -0.830. The second-order valence-electron chi connectivity index (χ2n) is 3.63. The van der Waals surface area contributed by atoms with E-state index in [4.69, 9.17) is 5.26 Å². The molecule has 1 unspecified atom stereocenters. The van der Waals surface area contributed by atoms with Crippen LogP contribution < -0.4 is 0 Å². The van der Waals surface area contributed by atoms with Gasteiger partial charge in [0.25, 0.3) is 0 Å². The van der Waals surface area contributed by atoms with Gasteiger partial charge in [0.2, 0.25) is 0 Å². The van der Waals surface area contributed by atoms with Crippen LogP contribution in [0.5, 0.6) is 0 Å². The number of allylic oxidation sites excluding steroid dienone is 2. The Morgan fingerprint density at radius 2 is 2.15 bits per heavy atom. The maximum atomic E-state index is 10.6. The topological polar surface area (TPSA) is 46.5 Å². The van der Waals surface area contributed by atoms with Crippen molar-refractivity contribution >= 4 is 5.97 Å². The molecule has 1 atom stereocenters. The van der Waals surface area contributed by atoms with Crippen molar-refractivity contribution in [1.29, 1.82) is 0 Å². The van der Waals surface area contributed by atoms with Gasteiger partial charge in [-0.15, -0.1) is 0 Å². The first-order valence-electron chi connectivity index (χ1n) is 4.54. The van der Waals surface area contributed by atoms with E-state index in [9.17, 15) is 4.79 Å². The first kappa shape index (κ1) is 12.2. The van der Waals surface area contributed by atoms with Gasteiger partial charge in [0.15, 0.2) is 0 Å². The molecule has 13 heavy (non-hydrogen) atoms. The summed E-state index contributed by atoms with van der Waals surface area (Å²) in [5, 5.41) is 8.04. The first-order chi connectivity index (χ1) is 6.06. The van der Waals surface area contributed by atoms with Crippen LogP contribution in [0, 0.1) is 5.92 Å². The van der Waals surface area contributed by atoms with Crippen LogP contribution in [-0.2, 0) is 9.68 Å². The van der Waals surface area contributed by atoms with Crippen molar-refractivity contribution in [2.24, 2.45) is 5.92 Å². The van der Waals surface area contributed by atoms with Crippen molar-refractivity contribution < 1.29 is 14.9 Å². The highest BCUT2D eigenvalue weighted by atomic mass is 17.1. The molecule has 0 aromatic rings. The molecular formula is C10H18O3. The minimum Gasteiger partial charge on any atom is -0.301 e. The molecule has 0 heterocycles. The fourth-order valence-electron chi connectivity index (χ4n) is 1.08. The second-order valence-corrected chi connectivity index (χ2v) is 3.63. The van der Waals surface area contributed by atoms with Gasteiger partial charge in [0.1, 0.15) is 0 Å². The molecule has 0 aromatic heterocycles. The first-order valence-corrected chi connectivity index (χ1v) is 4.54. The summed E-state index contributed by atoms with van der Waals surface area (Å²) in [6.45, 7) is 6.06. The lowest BCUT2D eigenvalue weighted by molar-refractivity contribution is -0.235. The molecule has 0 amide bonds. The Morgan fingerprint density at radius 1 is 1.54 bits per heavy atom. The maximum Gasteiger partial charge on any atom is 0.342 e. The molecule has 0 radical (unpaired) electrons. The van der Waals surface area contributed by atoms with Crippen LogP contribution in [0.3, 0.4) is 0 Å². The molecule has 0 aliphatic rings. The zero-order valence-electron chi connectivity index (χ0n) is 8.54. The molecular weight excluding hydrogens is 168 g/mol. The fraction of sp³-hybridized carbons (Fsp3) is 0.700. The van der Waals surface area contributed by atoms with E-state index in [2.05, 4.69) is 11.0 Å². The summed E-state index contributed by atoms with van der Waals surface area (Å²) in [4.78, 5) is 14.2. The highest BCUT2D eigenvalue weighted by molar-refractivity contribution is 5.68. The van der Waals surface area contributed by atoms with Crippen molar-refractivity contribution in [2.45, 2.75) is 40.0 Å². The number of carbonyl (C=O) groups is 1. The van der Waals surface area contributed by atoms with E-state index >= 15 is 0 Å². The predicted octanol–water partition coefficient (Wildman–Crippen LogP) is 2.78. The summed E-state index contributed by atoms with van der Waals surface area (Å²) in [5.41, 5.74) is 1.29. The third-order valence-corrected chi connectivity index (χ3v) is 1.83. The van der Waals surface area contributed by atoms with Crippen molar-refractivity contribution in [3.63, 3.8) is 0 Å². The van der Waals surface area contributed by atoms with Crippen molar-refractivity contribution in [3.05, 3.63) is 11.6 Å². The van der Waals surface area contributed by atoms with Gasteiger partial charge in [-0.05, 0) is 32.6 Å². The molecule has 0 fully saturated rings. The largest absolute Gasteiger partial charge is 0.342 e. The molecule has 0 aromatic carbocycles. The summed E-state index contributed by atoms with van der Waals surface area (Å²) in [6, 6.07) is 0. The van der Waals surface area contributed by atoms with E-state index in [0.29, 0.717) is 0 Å². The molecule has 0 rings (SSSR count). The molecule has 3 heteroatoms. The van der Waals surface area contributed by atoms with Crippen LogP contribution >= 0.6 is 0 Å². The third kappa shape index (κ3) is 7.53. The Bertz CT molecular complexity index is 181. The number of hydrogen-bond donors (Lipinski definition) is 1. The Morgan fingerprint density at radius 3 is 2.62 bits per heavy atom. The van der Waals surface area contributed by atoms with Crippen LogP contribution in [0.2, 0.25) is 0 Å². The SMILES string of the molecule is CC(C)=CCCC(C)CC(=O)OO. The monoisotopic (exact) mass is 186 g/mol. The summed E-state index contributed by atoms with van der Waals surface area (Å²) in [6.07, 6.45) is 4.34. The summed E-state index contributed by atoms with van der Waals surface area (Å²) >= 11 is 0. The summed E-state index contributed by atoms with van der Waals surface area (Å²) in [7, 11) is 0. The second kappa shape index (κ2) is 6.66. The van der Waals surface area contributed by atoms with E-state index < -0.39 is 5.97 Å². The highest BCUT2D eigenvalue weighted by Crippen LogP contribution is 2.12. The van der Waals surface area contributed by atoms with Gasteiger partial charge in [-0.2, -0.15) is 5.26 Å². The average Bonchev–Trinajstić information content (AvgIpc) is 2.03. The van der Waals surface area contributed by atoms with E-state index in [0.717, 1.165) is 12.8 Å². The van der Waals surface area contributed by atoms with Crippen LogP contribution in [-0.4, -0.2) is 11.2 Å². The molecule has 1 N–H and O–H groups in total. The summed E-state index contributed by atoms with van der Waals surface area (Å²) in [5.74, 6) is -0.292. The Kier molecular flexibility index (Phi) is 6.24. The van der Waals surface area contributed by atoms with E-state index in [1.807, 2.05) is 20.8 Å². The van der Waals surface area contributed by atoms with Crippen molar-refractivity contribution in [2.75, 3.05) is 0 Å². The Balaban J connectivity index is 3.57. The van der Waals surface area contributed by atoms with Crippen LogP contribution in [0.1, 0.15) is 40.0 Å². The number of hydrogen-bond acceptors (Lipinski definition) is 3. The minimum absolute atomic E-state index is 0.259. The van der Waals surface area contributed by atoms with E-state index in [-0.39, 0.29) is 12.3 Å². The molecule has 0 spiro atoms. The molecule has 3 nitrogen and oxygen atoms in total. The zero-order valence-corrected chi connectivity index (χ0v) is 8.54. The lowest BCUT2D eigenvalue weighted by atomic mass is 10.0. The standard InChI is InChI=1S/C10H18O3/c1-8(2)5-4-6-9(3)7-10(11)13-12/h5,9,12H,4,6-7H2,1-3H3. The summed E-state index contributed by atoms with van der Waals surface area (Å²) < 4.78 is 0. The zero-order chi connectivity index (χ0) is 10.3. The quantitative estimate of drug-likeness (QED) is 0.408. The third-order valence-electron chi connectivity index (χ3n) is 1.83. The lowest BCUT2D eigenvalue weighted by Gasteiger charge is -2.06. The van der Waals surface area contributed by atoms with Gasteiger partial charge < -0.3 is 4.89 Å². The molecule has 0 aliphatic heterocycles. The molecule has 0 aliphatic carbocycles. The van der Waals surface area contributed by atoms with Crippen molar-refractivity contribution in [3.8, 4) is 0 Å². The van der Waals surface area contributed by atoms with Gasteiger partial charge in [0, 0.05) is 0 Å². The van der Waals surface area contributed by atoms with Crippen LogP contribution in [0.25, 0.3) is 0 Å². The molecule has 0 bridgehead atoms. The van der Waals surface area contributed by atoms with Crippen LogP contribution in [0.15, 0.2) is 11.6 Å². The normalized spacial score (nSPS) is 12.0. The average molecular weight is 186 g/mol. The van der Waals surface area contributed by atoms with E-state index in [1.54, 1.807) is 0 Å². The smallest absolute Gasteiger partial charge is 0.301 e. The minimum atomic E-state index is -0.551. The van der Waals surface area contributed by atoms with Gasteiger partial charge in [-0.25, -0.2) is 4.79 Å². The maximum absolute atomic E-state index is 10.6. The van der Waals surface area contributed by atoms with Gasteiger partial charge in [0.05, 0.1) is 6.42 Å². The lowest BCUT2D eigenvalue weighted by Crippen LogP contribution is -2.07. The highest BCUT2D eigenvalue weighted by Gasteiger charge is 2.08. The van der Waals surface area contributed by atoms with Crippen LogP contribution in [0.4, 0.5) is 0 Å². The fourth-order valence-corrected chi connectivity index (χ4v) is 1.08. The number of carbonyl (C=O) groups excluding carboxylic acids is 1. The van der Waals surface area contributed by atoms with Gasteiger partial charge in [-0.1, -0.05) is 18.6 Å². The van der Waals surface area contributed by atoms with E-state index in [1.165, 1.54) is 5.57 Å². The predicted molar refractivity (Wildman–Crippen MR) is 51.2 cm³/mol. The van der Waals surface area contributed by atoms with Gasteiger partial charge in [-0.3, -0.25) is 0 Å². The van der Waals surface area contributed by atoms with Gasteiger partial charge >= 0.3 is 5.97 Å². The van der Waals surface area contributed by atoms with Crippen molar-refractivity contribution in [1.82, 2.24) is 0 Å². The molecule has 0 saturated heterocycles. The molecule has 0 saturated carbocycles. The number of rotatable bonds is 5.